The molecule has 1 aliphatic carbocycles. The molecule has 0 bridgehead atoms. The molecule has 2 aromatic carbocycles. The van der Waals surface area contributed by atoms with Crippen LogP contribution >= 0.6 is 0 Å². The Labute approximate surface area is 143 Å². The van der Waals surface area contributed by atoms with Gasteiger partial charge in [-0.2, -0.15) is 0 Å². The molecule has 1 amide bonds. The number of carbonyl (C=O) groups is 1. The van der Waals surface area contributed by atoms with Crippen LogP contribution in [0, 0.1) is 11.7 Å². The normalized spacial score (nSPS) is 15.3. The summed E-state index contributed by atoms with van der Waals surface area (Å²) in [6, 6.07) is 11.2. The van der Waals surface area contributed by atoms with Gasteiger partial charge in [-0.15, -0.1) is 0 Å². The van der Waals surface area contributed by atoms with E-state index in [1.54, 1.807) is 37.4 Å². The molecule has 4 rings (SSSR count). The number of oxazole rings is 1. The maximum Gasteiger partial charge on any atom is 0.419 e. The molecule has 1 unspecified atom stereocenters. The van der Waals surface area contributed by atoms with E-state index in [1.807, 2.05) is 0 Å². The summed E-state index contributed by atoms with van der Waals surface area (Å²) < 4.78 is 19.7. The fourth-order valence-electron chi connectivity index (χ4n) is 3.17. The van der Waals surface area contributed by atoms with Gasteiger partial charge in [-0.3, -0.25) is 9.36 Å². The van der Waals surface area contributed by atoms with Crippen molar-refractivity contribution in [3.05, 3.63) is 64.4 Å². The largest absolute Gasteiger partial charge is 0.419 e. The summed E-state index contributed by atoms with van der Waals surface area (Å²) in [5.74, 6) is -0.918. The van der Waals surface area contributed by atoms with Crippen molar-refractivity contribution in [1.82, 2.24) is 4.57 Å². The maximum absolute atomic E-state index is 13.2. The second-order valence-corrected chi connectivity index (χ2v) is 6.47. The Morgan fingerprint density at radius 3 is 2.64 bits per heavy atom. The van der Waals surface area contributed by atoms with E-state index in [-0.39, 0.29) is 23.6 Å². The minimum Gasteiger partial charge on any atom is -0.408 e. The van der Waals surface area contributed by atoms with E-state index in [0.717, 1.165) is 18.4 Å². The zero-order chi connectivity index (χ0) is 17.6. The van der Waals surface area contributed by atoms with Gasteiger partial charge in [0.1, 0.15) is 5.82 Å². The van der Waals surface area contributed by atoms with Crippen molar-refractivity contribution in [2.75, 3.05) is 5.32 Å². The van der Waals surface area contributed by atoms with Crippen LogP contribution in [0.1, 0.15) is 24.3 Å². The third-order valence-corrected chi connectivity index (χ3v) is 4.66. The second kappa shape index (κ2) is 5.88. The molecule has 1 aliphatic rings. The zero-order valence-electron chi connectivity index (χ0n) is 13.7. The smallest absolute Gasteiger partial charge is 0.408 e. The minimum atomic E-state index is -0.444. The predicted octanol–water partition coefficient (Wildman–Crippen LogP) is 3.40. The Hall–Kier alpha value is -2.89. The number of nitrogens with zero attached hydrogens (tertiary/aromatic N) is 1. The third kappa shape index (κ3) is 2.95. The predicted molar refractivity (Wildman–Crippen MR) is 91.9 cm³/mol. The van der Waals surface area contributed by atoms with Crippen LogP contribution < -0.4 is 11.1 Å². The SMILES string of the molecule is Cn1c(=O)oc2cc(NC(=O)C(c3ccc(F)cc3)C3CC3)ccc21. The van der Waals surface area contributed by atoms with Crippen LogP contribution in [0.3, 0.4) is 0 Å². The third-order valence-electron chi connectivity index (χ3n) is 4.66. The van der Waals surface area contributed by atoms with Gasteiger partial charge in [0.25, 0.3) is 0 Å². The minimum absolute atomic E-state index is 0.133. The molecule has 0 saturated heterocycles. The number of rotatable bonds is 4. The van der Waals surface area contributed by atoms with Crippen LogP contribution in [0.5, 0.6) is 0 Å². The van der Waals surface area contributed by atoms with Crippen molar-refractivity contribution in [2.45, 2.75) is 18.8 Å². The molecule has 6 heteroatoms. The highest BCUT2D eigenvalue weighted by atomic mass is 19.1. The average molecular weight is 340 g/mol. The number of hydrogen-bond acceptors (Lipinski definition) is 3. The molecule has 1 fully saturated rings. The van der Waals surface area contributed by atoms with Crippen molar-refractivity contribution < 1.29 is 13.6 Å². The lowest BCUT2D eigenvalue weighted by molar-refractivity contribution is -0.118. The number of fused-ring (bicyclic) bond motifs is 1. The van der Waals surface area contributed by atoms with Crippen molar-refractivity contribution in [3.8, 4) is 0 Å². The Bertz CT molecular complexity index is 1000. The van der Waals surface area contributed by atoms with Gasteiger partial charge >= 0.3 is 5.76 Å². The van der Waals surface area contributed by atoms with Gasteiger partial charge in [0.15, 0.2) is 5.58 Å². The van der Waals surface area contributed by atoms with Gasteiger partial charge in [-0.1, -0.05) is 12.1 Å². The second-order valence-electron chi connectivity index (χ2n) is 6.47. The van der Waals surface area contributed by atoms with E-state index in [1.165, 1.54) is 16.7 Å². The van der Waals surface area contributed by atoms with Crippen LogP contribution in [0.2, 0.25) is 0 Å². The van der Waals surface area contributed by atoms with Gasteiger partial charge in [-0.25, -0.2) is 9.18 Å². The number of aromatic nitrogens is 1. The van der Waals surface area contributed by atoms with E-state index < -0.39 is 5.76 Å². The number of carbonyl (C=O) groups excluding carboxylic acids is 1. The quantitative estimate of drug-likeness (QED) is 0.792. The van der Waals surface area contributed by atoms with Crippen LogP contribution in [-0.4, -0.2) is 10.5 Å². The van der Waals surface area contributed by atoms with E-state index in [0.29, 0.717) is 16.8 Å². The highest BCUT2D eigenvalue weighted by Crippen LogP contribution is 2.43. The fourth-order valence-corrected chi connectivity index (χ4v) is 3.17. The lowest BCUT2D eigenvalue weighted by Gasteiger charge is -2.16. The molecule has 5 nitrogen and oxygen atoms in total. The summed E-state index contributed by atoms with van der Waals surface area (Å²) in [6.07, 6.45) is 1.98. The Morgan fingerprint density at radius 2 is 1.96 bits per heavy atom. The van der Waals surface area contributed by atoms with Crippen molar-refractivity contribution >= 4 is 22.7 Å². The van der Waals surface area contributed by atoms with E-state index in [4.69, 9.17) is 4.42 Å². The van der Waals surface area contributed by atoms with Gasteiger partial charge in [-0.05, 0) is 48.6 Å². The number of halogens is 1. The molecule has 1 saturated carbocycles. The molecule has 0 spiro atoms. The lowest BCUT2D eigenvalue weighted by atomic mass is 9.93. The molecule has 25 heavy (non-hydrogen) atoms. The number of nitrogens with one attached hydrogen (secondary N) is 1. The molecule has 3 aromatic rings. The fraction of sp³-hybridized carbons (Fsp3) is 0.263. The topological polar surface area (TPSA) is 64.2 Å². The molecular formula is C19H17FN2O3. The average Bonchev–Trinajstić information content (AvgIpc) is 3.37. The molecule has 1 atom stereocenters. The van der Waals surface area contributed by atoms with Crippen molar-refractivity contribution in [3.63, 3.8) is 0 Å². The summed E-state index contributed by atoms with van der Waals surface area (Å²) in [6.45, 7) is 0. The van der Waals surface area contributed by atoms with Gasteiger partial charge in [0.2, 0.25) is 5.91 Å². The summed E-state index contributed by atoms with van der Waals surface area (Å²) in [4.78, 5) is 24.4. The molecule has 1 aromatic heterocycles. The standard InChI is InChI=1S/C19H17FN2O3/c1-22-15-9-8-14(10-16(15)25-19(22)24)21-18(23)17(11-2-3-11)12-4-6-13(20)7-5-12/h4-11,17H,2-3H2,1H3,(H,21,23). The van der Waals surface area contributed by atoms with Crippen LogP contribution in [0.15, 0.2) is 51.7 Å². The molecule has 1 N–H and O–H groups in total. The molecule has 0 aliphatic heterocycles. The maximum atomic E-state index is 13.2. The van der Waals surface area contributed by atoms with E-state index in [9.17, 15) is 14.0 Å². The van der Waals surface area contributed by atoms with Crippen LogP contribution in [0.4, 0.5) is 10.1 Å². The number of hydrogen-bond donors (Lipinski definition) is 1. The van der Waals surface area contributed by atoms with Crippen LogP contribution in [-0.2, 0) is 11.8 Å². The Kier molecular flexibility index (Phi) is 3.67. The number of aryl methyl sites for hydroxylation is 1. The first kappa shape index (κ1) is 15.6. The molecular weight excluding hydrogens is 323 g/mol. The number of benzene rings is 2. The summed E-state index contributed by atoms with van der Waals surface area (Å²) in [7, 11) is 1.63. The van der Waals surface area contributed by atoms with Gasteiger partial charge in [0, 0.05) is 18.8 Å². The number of anilines is 1. The van der Waals surface area contributed by atoms with Crippen LogP contribution in [0.25, 0.3) is 11.1 Å². The zero-order valence-corrected chi connectivity index (χ0v) is 13.7. The van der Waals surface area contributed by atoms with Crippen molar-refractivity contribution in [1.29, 1.82) is 0 Å². The Morgan fingerprint density at radius 1 is 1.24 bits per heavy atom. The van der Waals surface area contributed by atoms with E-state index in [2.05, 4.69) is 5.32 Å². The first-order valence-corrected chi connectivity index (χ1v) is 8.19. The van der Waals surface area contributed by atoms with Crippen molar-refractivity contribution in [2.24, 2.45) is 13.0 Å². The summed E-state index contributed by atoms with van der Waals surface area (Å²) >= 11 is 0. The Balaban J connectivity index is 1.61. The molecule has 0 radical (unpaired) electrons. The highest BCUT2D eigenvalue weighted by molar-refractivity contribution is 5.97. The summed E-state index contributed by atoms with van der Waals surface area (Å²) in [5.41, 5.74) is 2.48. The van der Waals surface area contributed by atoms with Gasteiger partial charge < -0.3 is 9.73 Å². The monoisotopic (exact) mass is 340 g/mol. The first-order chi connectivity index (χ1) is 12.0. The van der Waals surface area contributed by atoms with Gasteiger partial charge in [0.05, 0.1) is 11.4 Å². The van der Waals surface area contributed by atoms with E-state index >= 15 is 0 Å². The molecule has 128 valence electrons. The molecule has 1 heterocycles. The summed E-state index contributed by atoms with van der Waals surface area (Å²) in [5, 5.41) is 2.89. The number of amides is 1. The lowest BCUT2D eigenvalue weighted by Crippen LogP contribution is -2.22. The first-order valence-electron chi connectivity index (χ1n) is 8.19. The highest BCUT2D eigenvalue weighted by Gasteiger charge is 2.37.